The molecule has 0 atom stereocenters. The van der Waals surface area contributed by atoms with Crippen molar-refractivity contribution >= 4 is 22.5 Å². The average Bonchev–Trinajstić information content (AvgIpc) is 2.87. The van der Waals surface area contributed by atoms with E-state index < -0.39 is 5.82 Å². The highest BCUT2D eigenvalue weighted by Gasteiger charge is 2.13. The molecule has 3 rings (SSSR count). The van der Waals surface area contributed by atoms with E-state index in [-0.39, 0.29) is 0 Å². The van der Waals surface area contributed by atoms with Gasteiger partial charge in [-0.1, -0.05) is 0 Å². The van der Waals surface area contributed by atoms with Gasteiger partial charge in [-0.15, -0.1) is 0 Å². The first kappa shape index (κ1) is 13.1. The summed E-state index contributed by atoms with van der Waals surface area (Å²) in [4.78, 5) is 10.1. The summed E-state index contributed by atoms with van der Waals surface area (Å²) in [5.41, 5.74) is 2.36. The Labute approximate surface area is 120 Å². The van der Waals surface area contributed by atoms with Crippen LogP contribution in [-0.2, 0) is 7.05 Å². The van der Waals surface area contributed by atoms with Crippen molar-refractivity contribution in [2.24, 2.45) is 7.05 Å². The highest BCUT2D eigenvalue weighted by Crippen LogP contribution is 2.27. The highest BCUT2D eigenvalue weighted by atomic mass is 19.1. The smallest absolute Gasteiger partial charge is 0.148 e. The number of nitrogens with zero attached hydrogens (tertiary/aromatic N) is 5. The number of halogens is 1. The van der Waals surface area contributed by atoms with Crippen LogP contribution in [0.5, 0.6) is 0 Å². The third-order valence-electron chi connectivity index (χ3n) is 3.38. The number of aromatic nitrogens is 3. The van der Waals surface area contributed by atoms with Crippen molar-refractivity contribution in [3.63, 3.8) is 0 Å². The topological polar surface area (TPSA) is 57.7 Å². The molecule has 6 heteroatoms. The molecule has 0 saturated heterocycles. The molecule has 0 aliphatic carbocycles. The van der Waals surface area contributed by atoms with Crippen LogP contribution in [0.1, 0.15) is 5.56 Å². The fourth-order valence-corrected chi connectivity index (χ4v) is 2.18. The highest BCUT2D eigenvalue weighted by molar-refractivity contribution is 5.78. The van der Waals surface area contributed by atoms with E-state index in [0.29, 0.717) is 17.1 Å². The molecule has 2 heterocycles. The Hall–Kier alpha value is -2.94. The van der Waals surface area contributed by atoms with Crippen LogP contribution < -0.4 is 4.90 Å². The monoisotopic (exact) mass is 281 g/mol. The van der Waals surface area contributed by atoms with Crippen molar-refractivity contribution in [3.05, 3.63) is 48.2 Å². The van der Waals surface area contributed by atoms with Crippen LogP contribution in [0.25, 0.3) is 11.0 Å². The average molecular weight is 281 g/mol. The summed E-state index contributed by atoms with van der Waals surface area (Å²) in [5, 5.41) is 8.78. The number of benzene rings is 1. The number of fused-ring (bicyclic) bond motifs is 1. The Kier molecular flexibility index (Phi) is 3.03. The van der Waals surface area contributed by atoms with Gasteiger partial charge >= 0.3 is 0 Å². The summed E-state index contributed by atoms with van der Waals surface area (Å²) in [6, 6.07) is 8.13. The minimum Gasteiger partial charge on any atom is -0.334 e. The molecular weight excluding hydrogens is 269 g/mol. The fourth-order valence-electron chi connectivity index (χ4n) is 2.18. The van der Waals surface area contributed by atoms with Gasteiger partial charge in [-0.05, 0) is 18.2 Å². The van der Waals surface area contributed by atoms with E-state index in [0.717, 1.165) is 11.0 Å². The first-order valence-electron chi connectivity index (χ1n) is 6.30. The normalized spacial score (nSPS) is 10.6. The van der Waals surface area contributed by atoms with Crippen molar-refractivity contribution < 1.29 is 4.39 Å². The van der Waals surface area contributed by atoms with Gasteiger partial charge in [-0.25, -0.2) is 14.4 Å². The predicted octanol–water partition coefficient (Wildman–Crippen LogP) is 2.75. The lowest BCUT2D eigenvalue weighted by molar-refractivity contribution is 0.627. The Morgan fingerprint density at radius 1 is 1.29 bits per heavy atom. The number of hydrogen-bond donors (Lipinski definition) is 0. The van der Waals surface area contributed by atoms with Gasteiger partial charge in [0.2, 0.25) is 0 Å². The maximum Gasteiger partial charge on any atom is 0.148 e. The van der Waals surface area contributed by atoms with E-state index in [2.05, 4.69) is 9.97 Å². The largest absolute Gasteiger partial charge is 0.334 e. The van der Waals surface area contributed by atoms with Crippen LogP contribution in [-0.4, -0.2) is 21.6 Å². The molecule has 0 radical (unpaired) electrons. The zero-order valence-corrected chi connectivity index (χ0v) is 11.6. The van der Waals surface area contributed by atoms with Crippen LogP contribution in [0.4, 0.5) is 15.9 Å². The first-order chi connectivity index (χ1) is 10.1. The molecule has 0 N–H and O–H groups in total. The molecule has 3 aromatic rings. The van der Waals surface area contributed by atoms with Crippen molar-refractivity contribution in [3.8, 4) is 6.07 Å². The number of anilines is 2. The SMILES string of the molecule is CN(c1cc2c(cn1)ncn2C)c1ccc(C#N)cc1F. The summed E-state index contributed by atoms with van der Waals surface area (Å²) in [7, 11) is 3.62. The predicted molar refractivity (Wildman–Crippen MR) is 77.7 cm³/mol. The number of nitriles is 1. The van der Waals surface area contributed by atoms with E-state index in [1.165, 1.54) is 6.07 Å². The summed E-state index contributed by atoms with van der Waals surface area (Å²) in [6.07, 6.45) is 3.36. The Morgan fingerprint density at radius 3 is 2.81 bits per heavy atom. The number of rotatable bonds is 2. The molecule has 0 spiro atoms. The lowest BCUT2D eigenvalue weighted by Gasteiger charge is -2.19. The number of aryl methyl sites for hydroxylation is 1. The minimum absolute atomic E-state index is 0.291. The zero-order chi connectivity index (χ0) is 15.0. The molecule has 0 aliphatic rings. The van der Waals surface area contributed by atoms with Crippen LogP contribution in [0, 0.1) is 17.1 Å². The molecule has 0 unspecified atom stereocenters. The van der Waals surface area contributed by atoms with Gasteiger partial charge in [0.15, 0.2) is 0 Å². The van der Waals surface area contributed by atoms with E-state index >= 15 is 0 Å². The molecule has 1 aromatic carbocycles. The van der Waals surface area contributed by atoms with Gasteiger partial charge in [0.05, 0.1) is 35.4 Å². The number of pyridine rings is 1. The van der Waals surface area contributed by atoms with E-state index in [4.69, 9.17) is 5.26 Å². The van der Waals surface area contributed by atoms with Gasteiger partial charge in [-0.2, -0.15) is 5.26 Å². The molecule has 0 aliphatic heterocycles. The second-order valence-corrected chi connectivity index (χ2v) is 4.72. The zero-order valence-electron chi connectivity index (χ0n) is 11.6. The van der Waals surface area contributed by atoms with Crippen molar-refractivity contribution in [2.45, 2.75) is 0 Å². The van der Waals surface area contributed by atoms with Crippen molar-refractivity contribution in [2.75, 3.05) is 11.9 Å². The van der Waals surface area contributed by atoms with Crippen LogP contribution in [0.15, 0.2) is 36.8 Å². The van der Waals surface area contributed by atoms with Gasteiger partial charge in [0.1, 0.15) is 17.2 Å². The quantitative estimate of drug-likeness (QED) is 0.724. The van der Waals surface area contributed by atoms with Crippen molar-refractivity contribution in [1.29, 1.82) is 5.26 Å². The summed E-state index contributed by atoms with van der Waals surface area (Å²) in [6.45, 7) is 0. The van der Waals surface area contributed by atoms with Crippen LogP contribution in [0.3, 0.4) is 0 Å². The van der Waals surface area contributed by atoms with Gasteiger partial charge in [0, 0.05) is 20.2 Å². The Bertz CT molecular complexity index is 862. The fraction of sp³-hybridized carbons (Fsp3) is 0.133. The van der Waals surface area contributed by atoms with Gasteiger partial charge in [0.25, 0.3) is 0 Å². The number of imidazole rings is 1. The Morgan fingerprint density at radius 2 is 2.10 bits per heavy atom. The van der Waals surface area contributed by atoms with E-state index in [9.17, 15) is 4.39 Å². The van der Waals surface area contributed by atoms with Gasteiger partial charge < -0.3 is 9.47 Å². The third kappa shape index (κ3) is 2.19. The molecule has 2 aromatic heterocycles. The molecule has 5 nitrogen and oxygen atoms in total. The van der Waals surface area contributed by atoms with Gasteiger partial charge in [-0.3, -0.25) is 0 Å². The first-order valence-corrected chi connectivity index (χ1v) is 6.30. The Balaban J connectivity index is 2.05. The lowest BCUT2D eigenvalue weighted by atomic mass is 10.2. The van der Waals surface area contributed by atoms with E-state index in [1.54, 1.807) is 36.6 Å². The summed E-state index contributed by atoms with van der Waals surface area (Å²) in [5.74, 6) is 0.151. The maximum atomic E-state index is 14.1. The molecule has 0 bridgehead atoms. The standard InChI is InChI=1S/C15H12FN5/c1-20-9-19-12-8-18-15(6-14(12)20)21(2)13-4-3-10(7-17)5-11(13)16/h3-6,8-9H,1-2H3. The summed E-state index contributed by atoms with van der Waals surface area (Å²) < 4.78 is 15.9. The second-order valence-electron chi connectivity index (χ2n) is 4.72. The molecule has 21 heavy (non-hydrogen) atoms. The molecule has 0 amide bonds. The number of hydrogen-bond acceptors (Lipinski definition) is 4. The maximum absolute atomic E-state index is 14.1. The molecular formula is C15H12FN5. The second kappa shape index (κ2) is 4.87. The van der Waals surface area contributed by atoms with Crippen LogP contribution >= 0.6 is 0 Å². The van der Waals surface area contributed by atoms with Crippen molar-refractivity contribution in [1.82, 2.24) is 14.5 Å². The molecule has 0 fully saturated rings. The third-order valence-corrected chi connectivity index (χ3v) is 3.38. The summed E-state index contributed by atoms with van der Waals surface area (Å²) >= 11 is 0. The minimum atomic E-state index is -0.455. The lowest BCUT2D eigenvalue weighted by Crippen LogP contribution is -2.13. The van der Waals surface area contributed by atoms with Crippen LogP contribution in [0.2, 0.25) is 0 Å². The van der Waals surface area contributed by atoms with E-state index in [1.807, 2.05) is 23.8 Å². The molecule has 0 saturated carbocycles. The molecule has 104 valence electrons.